The predicted molar refractivity (Wildman–Crippen MR) is 133 cm³/mol. The summed E-state index contributed by atoms with van der Waals surface area (Å²) in [7, 11) is 0. The first kappa shape index (κ1) is 23.5. The third kappa shape index (κ3) is 5.69. The number of piperazine rings is 1. The van der Waals surface area contributed by atoms with E-state index in [0.29, 0.717) is 43.9 Å². The molecule has 10 nitrogen and oxygen atoms in total. The van der Waals surface area contributed by atoms with E-state index in [1.165, 1.54) is 6.39 Å². The maximum absolute atomic E-state index is 12.6. The Morgan fingerprint density at radius 3 is 2.47 bits per heavy atom. The summed E-state index contributed by atoms with van der Waals surface area (Å²) in [5.41, 5.74) is 2.54. The molecule has 36 heavy (non-hydrogen) atoms. The standard InChI is InChI=1S/C25H25FN8O2/c26-6-11-35-17-21-16-33(9-10-34(21)25-28-7-1-8-29-25)24-31-13-20(14-32-24)3-2-19-4-5-22(30-12-19)23-15-27-18-36-23/h1-5,7-8,12-15,18,21H,6,9-11,16-17H2/b3-2+/t21-/m1/s1. The fourth-order valence-electron chi connectivity index (χ4n) is 3.92. The number of rotatable bonds is 9. The Morgan fingerprint density at radius 2 is 1.75 bits per heavy atom. The average Bonchev–Trinajstić information content (AvgIpc) is 3.48. The van der Waals surface area contributed by atoms with Gasteiger partial charge in [-0.3, -0.25) is 4.98 Å². The van der Waals surface area contributed by atoms with Gasteiger partial charge in [-0.25, -0.2) is 29.3 Å². The summed E-state index contributed by atoms with van der Waals surface area (Å²) >= 11 is 0. The third-order valence-electron chi connectivity index (χ3n) is 5.70. The highest BCUT2D eigenvalue weighted by Crippen LogP contribution is 2.20. The third-order valence-corrected chi connectivity index (χ3v) is 5.70. The van der Waals surface area contributed by atoms with Crippen molar-refractivity contribution < 1.29 is 13.5 Å². The van der Waals surface area contributed by atoms with Crippen molar-refractivity contribution in [2.24, 2.45) is 0 Å². The van der Waals surface area contributed by atoms with E-state index < -0.39 is 6.67 Å². The molecule has 11 heteroatoms. The normalized spacial score (nSPS) is 16.1. The molecule has 1 saturated heterocycles. The Kier molecular flexibility index (Phi) is 7.47. The number of pyridine rings is 1. The van der Waals surface area contributed by atoms with Gasteiger partial charge in [0, 0.05) is 56.2 Å². The molecule has 0 saturated carbocycles. The maximum atomic E-state index is 12.6. The number of halogens is 1. The van der Waals surface area contributed by atoms with E-state index in [9.17, 15) is 4.39 Å². The first-order chi connectivity index (χ1) is 17.8. The smallest absolute Gasteiger partial charge is 0.225 e. The zero-order valence-electron chi connectivity index (χ0n) is 19.5. The molecule has 0 N–H and O–H groups in total. The minimum atomic E-state index is -0.516. The molecule has 5 heterocycles. The lowest BCUT2D eigenvalue weighted by Gasteiger charge is -2.41. The Hall–Kier alpha value is -4.25. The number of anilines is 2. The van der Waals surface area contributed by atoms with Crippen molar-refractivity contribution in [1.82, 2.24) is 29.9 Å². The lowest BCUT2D eigenvalue weighted by atomic mass is 10.2. The fourth-order valence-corrected chi connectivity index (χ4v) is 3.92. The van der Waals surface area contributed by atoms with Crippen molar-refractivity contribution in [2.75, 3.05) is 49.3 Å². The van der Waals surface area contributed by atoms with E-state index in [4.69, 9.17) is 9.15 Å². The molecule has 4 aromatic rings. The Labute approximate surface area is 207 Å². The molecular formula is C25H25FN8O2. The van der Waals surface area contributed by atoms with Gasteiger partial charge in [-0.1, -0.05) is 18.2 Å². The number of oxazole rings is 1. The zero-order valence-corrected chi connectivity index (χ0v) is 19.5. The van der Waals surface area contributed by atoms with Crippen molar-refractivity contribution in [2.45, 2.75) is 6.04 Å². The Bertz CT molecular complexity index is 1240. The fraction of sp³-hybridized carbons (Fsp3) is 0.280. The van der Waals surface area contributed by atoms with E-state index in [-0.39, 0.29) is 12.6 Å². The molecule has 0 radical (unpaired) electrons. The van der Waals surface area contributed by atoms with Gasteiger partial charge in [-0.05, 0) is 17.7 Å². The second-order valence-electron chi connectivity index (χ2n) is 8.10. The number of alkyl halides is 1. The highest BCUT2D eigenvalue weighted by Gasteiger charge is 2.30. The second kappa shape index (κ2) is 11.5. The topological polar surface area (TPSA) is 106 Å². The van der Waals surface area contributed by atoms with E-state index in [0.717, 1.165) is 16.8 Å². The lowest BCUT2D eigenvalue weighted by molar-refractivity contribution is 0.104. The van der Waals surface area contributed by atoms with Crippen LogP contribution in [-0.2, 0) is 4.74 Å². The van der Waals surface area contributed by atoms with E-state index >= 15 is 0 Å². The SMILES string of the molecule is FCCOC[C@H]1CN(c2ncc(/C=C/c3ccc(-c4cnco4)nc3)cn2)CCN1c1ncccn1. The summed E-state index contributed by atoms with van der Waals surface area (Å²) in [6.45, 7) is 1.91. The van der Waals surface area contributed by atoms with Crippen LogP contribution in [0, 0.1) is 0 Å². The van der Waals surface area contributed by atoms with Crippen LogP contribution in [0.1, 0.15) is 11.1 Å². The van der Waals surface area contributed by atoms with Crippen LogP contribution in [0.25, 0.3) is 23.6 Å². The molecule has 4 aromatic heterocycles. The summed E-state index contributed by atoms with van der Waals surface area (Å²) in [6.07, 6.45) is 15.7. The second-order valence-corrected chi connectivity index (χ2v) is 8.10. The van der Waals surface area contributed by atoms with Crippen LogP contribution in [0.15, 0.2) is 66.2 Å². The number of aromatic nitrogens is 6. The van der Waals surface area contributed by atoms with Gasteiger partial charge in [0.1, 0.15) is 12.4 Å². The van der Waals surface area contributed by atoms with Crippen molar-refractivity contribution in [3.05, 3.63) is 72.9 Å². The summed E-state index contributed by atoms with van der Waals surface area (Å²) in [5.74, 6) is 1.90. The molecule has 184 valence electrons. The quantitative estimate of drug-likeness (QED) is 0.326. The molecular weight excluding hydrogens is 463 g/mol. The average molecular weight is 489 g/mol. The molecule has 1 aliphatic rings. The minimum Gasteiger partial charge on any atom is -0.442 e. The van der Waals surface area contributed by atoms with Crippen LogP contribution in [-0.4, -0.2) is 75.5 Å². The van der Waals surface area contributed by atoms with Crippen LogP contribution in [0.3, 0.4) is 0 Å². The van der Waals surface area contributed by atoms with Crippen LogP contribution < -0.4 is 9.80 Å². The van der Waals surface area contributed by atoms with Gasteiger partial charge in [-0.2, -0.15) is 0 Å². The molecule has 0 aromatic carbocycles. The highest BCUT2D eigenvalue weighted by molar-refractivity contribution is 5.69. The molecule has 0 aliphatic carbocycles. The van der Waals surface area contributed by atoms with Crippen LogP contribution >= 0.6 is 0 Å². The molecule has 0 unspecified atom stereocenters. The Morgan fingerprint density at radius 1 is 0.944 bits per heavy atom. The lowest BCUT2D eigenvalue weighted by Crippen LogP contribution is -2.56. The number of hydrogen-bond donors (Lipinski definition) is 0. The van der Waals surface area contributed by atoms with Crippen molar-refractivity contribution in [3.8, 4) is 11.5 Å². The monoisotopic (exact) mass is 488 g/mol. The Balaban J connectivity index is 1.23. The van der Waals surface area contributed by atoms with E-state index in [2.05, 4.69) is 39.7 Å². The first-order valence-electron chi connectivity index (χ1n) is 11.6. The summed E-state index contributed by atoms with van der Waals surface area (Å²) in [6, 6.07) is 5.57. The van der Waals surface area contributed by atoms with E-state index in [1.54, 1.807) is 43.2 Å². The van der Waals surface area contributed by atoms with Gasteiger partial charge in [0.25, 0.3) is 0 Å². The molecule has 1 fully saturated rings. The van der Waals surface area contributed by atoms with Gasteiger partial charge in [0.2, 0.25) is 11.9 Å². The maximum Gasteiger partial charge on any atom is 0.225 e. The zero-order chi connectivity index (χ0) is 24.6. The van der Waals surface area contributed by atoms with Crippen molar-refractivity contribution in [1.29, 1.82) is 0 Å². The van der Waals surface area contributed by atoms with E-state index in [1.807, 2.05) is 24.3 Å². The summed E-state index contributed by atoms with van der Waals surface area (Å²) in [4.78, 5) is 30.4. The van der Waals surface area contributed by atoms with Crippen LogP contribution in [0.2, 0.25) is 0 Å². The van der Waals surface area contributed by atoms with Crippen LogP contribution in [0.5, 0.6) is 0 Å². The highest BCUT2D eigenvalue weighted by atomic mass is 19.1. The van der Waals surface area contributed by atoms with Crippen molar-refractivity contribution >= 4 is 24.0 Å². The van der Waals surface area contributed by atoms with Gasteiger partial charge < -0.3 is 19.0 Å². The minimum absolute atomic E-state index is 0.0525. The summed E-state index contributed by atoms with van der Waals surface area (Å²) in [5, 5.41) is 0. The predicted octanol–water partition coefficient (Wildman–Crippen LogP) is 3.17. The molecule has 1 aliphatic heterocycles. The molecule has 0 bridgehead atoms. The molecule has 0 spiro atoms. The van der Waals surface area contributed by atoms with Gasteiger partial charge >= 0.3 is 0 Å². The van der Waals surface area contributed by atoms with Gasteiger partial charge in [0.15, 0.2) is 12.2 Å². The number of ether oxygens (including phenoxy) is 1. The number of hydrogen-bond acceptors (Lipinski definition) is 10. The summed E-state index contributed by atoms with van der Waals surface area (Å²) < 4.78 is 23.4. The molecule has 1 atom stereocenters. The molecule has 0 amide bonds. The first-order valence-corrected chi connectivity index (χ1v) is 11.6. The number of nitrogens with zero attached hydrogens (tertiary/aromatic N) is 8. The molecule has 5 rings (SSSR count). The van der Waals surface area contributed by atoms with Crippen molar-refractivity contribution in [3.63, 3.8) is 0 Å². The van der Waals surface area contributed by atoms with Gasteiger partial charge in [0.05, 0.1) is 25.5 Å². The largest absolute Gasteiger partial charge is 0.442 e. The van der Waals surface area contributed by atoms with Crippen LogP contribution in [0.4, 0.5) is 16.3 Å². The van der Waals surface area contributed by atoms with Gasteiger partial charge in [-0.15, -0.1) is 0 Å².